The molecule has 0 saturated heterocycles. The van der Waals surface area contributed by atoms with Crippen molar-refractivity contribution in [3.63, 3.8) is 0 Å². The minimum atomic E-state index is -3.83. The largest absolute Gasteiger partial charge is 0.478 e. The molecule has 2 N–H and O–H groups in total. The van der Waals surface area contributed by atoms with Crippen molar-refractivity contribution >= 4 is 45.0 Å². The Bertz CT molecular complexity index is 866. The van der Waals surface area contributed by atoms with E-state index in [4.69, 9.17) is 16.7 Å². The first-order valence-electron chi connectivity index (χ1n) is 6.45. The average molecular weight is 372 g/mol. The van der Waals surface area contributed by atoms with Crippen LogP contribution in [0.25, 0.3) is 0 Å². The van der Waals surface area contributed by atoms with Crippen molar-refractivity contribution in [3.05, 3.63) is 52.5 Å². The van der Waals surface area contributed by atoms with Gasteiger partial charge in [0.15, 0.2) is 0 Å². The maximum Gasteiger partial charge on any atom is 0.335 e. The van der Waals surface area contributed by atoms with Crippen molar-refractivity contribution < 1.29 is 18.3 Å². The molecule has 5 nitrogen and oxygen atoms in total. The Labute approximate surface area is 143 Å². The molecule has 0 aromatic heterocycles. The number of aryl methyl sites for hydroxylation is 1. The molecular formula is C15H14ClNO4S2. The van der Waals surface area contributed by atoms with Crippen molar-refractivity contribution in [1.82, 2.24) is 0 Å². The minimum absolute atomic E-state index is 0.0827. The number of carbonyl (C=O) groups is 1. The third-order valence-electron chi connectivity index (χ3n) is 3.13. The molecule has 2 aromatic rings. The molecule has 0 aliphatic heterocycles. The van der Waals surface area contributed by atoms with Gasteiger partial charge in [-0.1, -0.05) is 17.7 Å². The van der Waals surface area contributed by atoms with Crippen LogP contribution >= 0.6 is 23.4 Å². The van der Waals surface area contributed by atoms with Gasteiger partial charge in [0.1, 0.15) is 0 Å². The standard InChI is InChI=1S/C15H14ClNO4S2/c1-9-3-5-11(16)8-14(9)23(20,21)17-12-6-4-10(15(18)19)7-13(12)22-2/h3-8,17H,1-2H3,(H,18,19). The Morgan fingerprint density at radius 2 is 1.91 bits per heavy atom. The molecular weight excluding hydrogens is 358 g/mol. The van der Waals surface area contributed by atoms with Crippen molar-refractivity contribution in [2.24, 2.45) is 0 Å². The fraction of sp³-hybridized carbons (Fsp3) is 0.133. The van der Waals surface area contributed by atoms with Gasteiger partial charge in [-0.25, -0.2) is 13.2 Å². The molecule has 8 heteroatoms. The number of hydrogen-bond donors (Lipinski definition) is 2. The van der Waals surface area contributed by atoms with Crippen LogP contribution in [0, 0.1) is 6.92 Å². The molecule has 2 rings (SSSR count). The topological polar surface area (TPSA) is 83.5 Å². The lowest BCUT2D eigenvalue weighted by atomic mass is 10.2. The molecule has 0 bridgehead atoms. The van der Waals surface area contributed by atoms with Crippen molar-refractivity contribution in [1.29, 1.82) is 0 Å². The maximum absolute atomic E-state index is 12.6. The third-order valence-corrected chi connectivity index (χ3v) is 5.65. The highest BCUT2D eigenvalue weighted by Crippen LogP contribution is 2.30. The van der Waals surface area contributed by atoms with Gasteiger partial charge in [0, 0.05) is 9.92 Å². The van der Waals surface area contributed by atoms with Gasteiger partial charge >= 0.3 is 5.97 Å². The molecule has 0 amide bonds. The van der Waals surface area contributed by atoms with E-state index in [0.717, 1.165) is 0 Å². The zero-order valence-corrected chi connectivity index (χ0v) is 14.7. The first-order chi connectivity index (χ1) is 10.7. The lowest BCUT2D eigenvalue weighted by Crippen LogP contribution is -2.15. The van der Waals surface area contributed by atoms with E-state index in [1.54, 1.807) is 25.3 Å². The van der Waals surface area contributed by atoms with Crippen LogP contribution in [0.1, 0.15) is 15.9 Å². The number of anilines is 1. The molecule has 2 aromatic carbocycles. The first-order valence-corrected chi connectivity index (χ1v) is 9.53. The molecule has 0 aliphatic rings. The van der Waals surface area contributed by atoms with Gasteiger partial charge in [0.05, 0.1) is 16.1 Å². The van der Waals surface area contributed by atoms with Gasteiger partial charge in [-0.3, -0.25) is 4.72 Å². The number of hydrogen-bond acceptors (Lipinski definition) is 4. The SMILES string of the molecule is CSc1cc(C(=O)O)ccc1NS(=O)(=O)c1cc(Cl)ccc1C. The van der Waals surface area contributed by atoms with Crippen molar-refractivity contribution in [2.75, 3.05) is 11.0 Å². The van der Waals surface area contributed by atoms with Gasteiger partial charge < -0.3 is 5.11 Å². The summed E-state index contributed by atoms with van der Waals surface area (Å²) in [5.74, 6) is -1.07. The van der Waals surface area contributed by atoms with Crippen LogP contribution < -0.4 is 4.72 Å². The van der Waals surface area contributed by atoms with E-state index in [-0.39, 0.29) is 10.5 Å². The number of nitrogens with one attached hydrogen (secondary N) is 1. The second-order valence-corrected chi connectivity index (χ2v) is 7.67. The quantitative estimate of drug-likeness (QED) is 0.779. The maximum atomic E-state index is 12.6. The molecule has 0 fully saturated rings. The van der Waals surface area contributed by atoms with E-state index in [1.165, 1.54) is 36.0 Å². The Balaban J connectivity index is 2.45. The molecule has 0 spiro atoms. The molecule has 0 atom stereocenters. The third kappa shape index (κ3) is 3.99. The summed E-state index contributed by atoms with van der Waals surface area (Å²) in [5.41, 5.74) is 0.980. The second kappa shape index (κ2) is 6.82. The number of thioether (sulfide) groups is 1. The Morgan fingerprint density at radius 3 is 2.52 bits per heavy atom. The monoisotopic (exact) mass is 371 g/mol. The summed E-state index contributed by atoms with van der Waals surface area (Å²) in [6.45, 7) is 1.67. The minimum Gasteiger partial charge on any atom is -0.478 e. The van der Waals surface area contributed by atoms with E-state index >= 15 is 0 Å². The predicted octanol–water partition coefficient (Wildman–Crippen LogP) is 3.87. The van der Waals surface area contributed by atoms with Crippen LogP contribution in [0.5, 0.6) is 0 Å². The first kappa shape index (κ1) is 17.7. The summed E-state index contributed by atoms with van der Waals surface area (Å²) in [6, 6.07) is 8.83. The summed E-state index contributed by atoms with van der Waals surface area (Å²) >= 11 is 7.13. The molecule has 0 heterocycles. The average Bonchev–Trinajstić information content (AvgIpc) is 2.49. The highest BCUT2D eigenvalue weighted by atomic mass is 35.5. The summed E-state index contributed by atoms with van der Waals surface area (Å²) in [6.07, 6.45) is 1.74. The Kier molecular flexibility index (Phi) is 5.23. The number of sulfonamides is 1. The van der Waals surface area contributed by atoms with Crippen LogP contribution in [-0.4, -0.2) is 25.7 Å². The number of benzene rings is 2. The van der Waals surface area contributed by atoms with E-state index in [9.17, 15) is 13.2 Å². The van der Waals surface area contributed by atoms with Crippen LogP contribution in [-0.2, 0) is 10.0 Å². The van der Waals surface area contributed by atoms with E-state index in [0.29, 0.717) is 21.2 Å². The van der Waals surface area contributed by atoms with E-state index in [1.807, 2.05) is 0 Å². The molecule has 0 saturated carbocycles. The van der Waals surface area contributed by atoms with E-state index in [2.05, 4.69) is 4.72 Å². The lowest BCUT2D eigenvalue weighted by Gasteiger charge is -2.13. The molecule has 0 radical (unpaired) electrons. The summed E-state index contributed by atoms with van der Waals surface area (Å²) < 4.78 is 27.6. The van der Waals surface area contributed by atoms with Gasteiger partial charge in [-0.2, -0.15) is 0 Å². The molecule has 0 aliphatic carbocycles. The normalized spacial score (nSPS) is 11.3. The highest BCUT2D eigenvalue weighted by molar-refractivity contribution is 7.99. The number of aromatic carboxylic acids is 1. The fourth-order valence-corrected chi connectivity index (χ4v) is 4.21. The van der Waals surface area contributed by atoms with Crippen LogP contribution in [0.15, 0.2) is 46.2 Å². The number of carboxylic acids is 1. The molecule has 0 unspecified atom stereocenters. The Morgan fingerprint density at radius 1 is 1.22 bits per heavy atom. The fourth-order valence-electron chi connectivity index (χ4n) is 1.97. The summed E-state index contributed by atoms with van der Waals surface area (Å²) in [4.78, 5) is 11.6. The predicted molar refractivity (Wildman–Crippen MR) is 92.2 cm³/mol. The summed E-state index contributed by atoms with van der Waals surface area (Å²) in [7, 11) is -3.83. The number of carboxylic acid groups (broad SMARTS) is 1. The lowest BCUT2D eigenvalue weighted by molar-refractivity contribution is 0.0696. The highest BCUT2D eigenvalue weighted by Gasteiger charge is 2.19. The van der Waals surface area contributed by atoms with Gasteiger partial charge in [0.25, 0.3) is 10.0 Å². The smallest absolute Gasteiger partial charge is 0.335 e. The Hall–Kier alpha value is -1.70. The zero-order valence-electron chi connectivity index (χ0n) is 12.3. The molecule has 23 heavy (non-hydrogen) atoms. The van der Waals surface area contributed by atoms with Crippen molar-refractivity contribution in [2.45, 2.75) is 16.7 Å². The van der Waals surface area contributed by atoms with Crippen LogP contribution in [0.4, 0.5) is 5.69 Å². The number of halogens is 1. The van der Waals surface area contributed by atoms with Crippen LogP contribution in [0.3, 0.4) is 0 Å². The van der Waals surface area contributed by atoms with Crippen LogP contribution in [0.2, 0.25) is 5.02 Å². The van der Waals surface area contributed by atoms with E-state index < -0.39 is 16.0 Å². The van der Waals surface area contributed by atoms with Crippen molar-refractivity contribution in [3.8, 4) is 0 Å². The zero-order chi connectivity index (χ0) is 17.2. The number of rotatable bonds is 5. The van der Waals surface area contributed by atoms with Gasteiger partial charge in [0.2, 0.25) is 0 Å². The van der Waals surface area contributed by atoms with Gasteiger partial charge in [-0.05, 0) is 49.1 Å². The second-order valence-electron chi connectivity index (χ2n) is 4.74. The summed E-state index contributed by atoms with van der Waals surface area (Å²) in [5, 5.41) is 9.33. The van der Waals surface area contributed by atoms with Gasteiger partial charge in [-0.15, -0.1) is 11.8 Å². The molecule has 122 valence electrons.